The molecule has 150 valence electrons. The highest BCUT2D eigenvalue weighted by Crippen LogP contribution is 2.26. The van der Waals surface area contributed by atoms with Gasteiger partial charge in [-0.25, -0.2) is 0 Å². The summed E-state index contributed by atoms with van der Waals surface area (Å²) < 4.78 is 5.49. The summed E-state index contributed by atoms with van der Waals surface area (Å²) in [6.45, 7) is 14.5. The van der Waals surface area contributed by atoms with Gasteiger partial charge in [0.15, 0.2) is 5.96 Å². The fourth-order valence-electron chi connectivity index (χ4n) is 4.56. The van der Waals surface area contributed by atoms with Gasteiger partial charge in [-0.05, 0) is 40.0 Å². The van der Waals surface area contributed by atoms with Crippen molar-refractivity contribution >= 4 is 5.96 Å². The summed E-state index contributed by atoms with van der Waals surface area (Å²) in [5.74, 6) is 0.979. The monoisotopic (exact) mass is 365 g/mol. The number of rotatable bonds is 6. The lowest BCUT2D eigenvalue weighted by molar-refractivity contribution is -0.00684. The molecule has 0 aromatic carbocycles. The lowest BCUT2D eigenvalue weighted by Gasteiger charge is -2.40. The summed E-state index contributed by atoms with van der Waals surface area (Å²) in [4.78, 5) is 10.1. The third-order valence-electron chi connectivity index (χ3n) is 6.24. The molecule has 6 nitrogen and oxygen atoms in total. The minimum atomic E-state index is 0.0672. The molecular weight excluding hydrogens is 326 g/mol. The van der Waals surface area contributed by atoms with Crippen molar-refractivity contribution in [1.29, 1.82) is 0 Å². The molecule has 2 aliphatic heterocycles. The van der Waals surface area contributed by atoms with E-state index in [2.05, 4.69) is 41.2 Å². The zero-order chi connectivity index (χ0) is 18.4. The molecule has 3 rings (SSSR count). The predicted octanol–water partition coefficient (Wildman–Crippen LogP) is 1.67. The van der Waals surface area contributed by atoms with Crippen molar-refractivity contribution in [3.8, 4) is 0 Å². The van der Waals surface area contributed by atoms with Gasteiger partial charge in [-0.15, -0.1) is 0 Å². The van der Waals surface area contributed by atoms with Crippen molar-refractivity contribution in [2.24, 2.45) is 4.99 Å². The average Bonchev–Trinajstić information content (AvgIpc) is 3.32. The van der Waals surface area contributed by atoms with Crippen LogP contribution in [0.1, 0.15) is 52.9 Å². The molecule has 1 aliphatic carbocycles. The Morgan fingerprint density at radius 3 is 2.54 bits per heavy atom. The van der Waals surface area contributed by atoms with Crippen molar-refractivity contribution in [2.45, 2.75) is 70.5 Å². The van der Waals surface area contributed by atoms with Gasteiger partial charge in [-0.2, -0.15) is 0 Å². The fraction of sp³-hybridized carbons (Fsp3) is 0.950. The molecule has 3 aliphatic rings. The molecule has 1 saturated carbocycles. The van der Waals surface area contributed by atoms with E-state index >= 15 is 0 Å². The molecule has 0 spiro atoms. The van der Waals surface area contributed by atoms with Crippen LogP contribution in [0.3, 0.4) is 0 Å². The van der Waals surface area contributed by atoms with Crippen LogP contribution < -0.4 is 10.6 Å². The van der Waals surface area contributed by atoms with Crippen LogP contribution in [-0.2, 0) is 4.74 Å². The standard InChI is InChI=1S/C20H39N5O/c1-4-21-19(22-16-20(2,3)25-11-13-26-14-12-25)23-17-9-10-24(15-17)18-7-5-6-8-18/h17-18H,4-16H2,1-3H3,(H2,21,22,23). The molecular formula is C20H39N5O. The molecule has 6 heteroatoms. The van der Waals surface area contributed by atoms with E-state index < -0.39 is 0 Å². The van der Waals surface area contributed by atoms with Gasteiger partial charge in [0, 0.05) is 50.3 Å². The number of nitrogens with one attached hydrogen (secondary N) is 2. The summed E-state index contributed by atoms with van der Waals surface area (Å²) in [7, 11) is 0. The smallest absolute Gasteiger partial charge is 0.191 e. The first-order valence-corrected chi connectivity index (χ1v) is 10.7. The Balaban J connectivity index is 1.52. The Hall–Kier alpha value is -0.850. The van der Waals surface area contributed by atoms with E-state index in [9.17, 15) is 0 Å². The molecule has 0 aromatic heterocycles. The van der Waals surface area contributed by atoms with E-state index in [-0.39, 0.29) is 5.54 Å². The first-order chi connectivity index (χ1) is 12.6. The summed E-state index contributed by atoms with van der Waals surface area (Å²) in [6, 6.07) is 1.36. The van der Waals surface area contributed by atoms with Crippen LogP contribution >= 0.6 is 0 Å². The van der Waals surface area contributed by atoms with Gasteiger partial charge in [-0.1, -0.05) is 12.8 Å². The Bertz CT molecular complexity index is 455. The second kappa shape index (κ2) is 9.38. The summed E-state index contributed by atoms with van der Waals surface area (Å²) in [5, 5.41) is 7.15. The Morgan fingerprint density at radius 2 is 1.85 bits per heavy atom. The molecule has 3 fully saturated rings. The van der Waals surface area contributed by atoms with E-state index in [1.54, 1.807) is 0 Å². The Kier molecular flexibility index (Phi) is 7.18. The van der Waals surface area contributed by atoms with Crippen molar-refractivity contribution < 1.29 is 4.74 Å². The second-order valence-electron chi connectivity index (χ2n) is 8.67. The van der Waals surface area contributed by atoms with Crippen LogP contribution in [0.4, 0.5) is 0 Å². The summed E-state index contributed by atoms with van der Waals surface area (Å²) in [6.07, 6.45) is 6.86. The van der Waals surface area contributed by atoms with Gasteiger partial charge in [-0.3, -0.25) is 14.8 Å². The lowest BCUT2D eigenvalue weighted by Crippen LogP contribution is -2.52. The van der Waals surface area contributed by atoms with Crippen LogP contribution in [0.2, 0.25) is 0 Å². The van der Waals surface area contributed by atoms with Gasteiger partial charge in [0.1, 0.15) is 0 Å². The zero-order valence-corrected chi connectivity index (χ0v) is 17.1. The predicted molar refractivity (Wildman–Crippen MR) is 108 cm³/mol. The van der Waals surface area contributed by atoms with Gasteiger partial charge in [0.25, 0.3) is 0 Å². The Labute approximate surface area is 159 Å². The third-order valence-corrected chi connectivity index (χ3v) is 6.24. The molecule has 1 atom stereocenters. The molecule has 2 saturated heterocycles. The molecule has 0 aromatic rings. The number of guanidine groups is 1. The van der Waals surface area contributed by atoms with E-state index in [4.69, 9.17) is 9.73 Å². The van der Waals surface area contributed by atoms with Crippen molar-refractivity contribution in [1.82, 2.24) is 20.4 Å². The molecule has 0 amide bonds. The van der Waals surface area contributed by atoms with Crippen LogP contribution in [0.5, 0.6) is 0 Å². The first-order valence-electron chi connectivity index (χ1n) is 10.7. The quantitative estimate of drug-likeness (QED) is 0.554. The number of likely N-dealkylation sites (tertiary alicyclic amines) is 1. The van der Waals surface area contributed by atoms with E-state index in [0.29, 0.717) is 6.04 Å². The Morgan fingerprint density at radius 1 is 1.12 bits per heavy atom. The van der Waals surface area contributed by atoms with Gasteiger partial charge >= 0.3 is 0 Å². The van der Waals surface area contributed by atoms with Crippen molar-refractivity contribution in [2.75, 3.05) is 52.5 Å². The number of hydrogen-bond donors (Lipinski definition) is 2. The molecule has 26 heavy (non-hydrogen) atoms. The third kappa shape index (κ3) is 5.33. The minimum absolute atomic E-state index is 0.0672. The maximum atomic E-state index is 5.49. The van der Waals surface area contributed by atoms with Crippen molar-refractivity contribution in [3.63, 3.8) is 0 Å². The average molecular weight is 366 g/mol. The van der Waals surface area contributed by atoms with E-state index in [0.717, 1.165) is 51.4 Å². The maximum absolute atomic E-state index is 5.49. The van der Waals surface area contributed by atoms with Crippen LogP contribution in [-0.4, -0.2) is 85.9 Å². The normalized spacial score (nSPS) is 27.2. The van der Waals surface area contributed by atoms with Gasteiger partial charge in [0.2, 0.25) is 0 Å². The lowest BCUT2D eigenvalue weighted by atomic mass is 10.0. The molecule has 0 bridgehead atoms. The number of hydrogen-bond acceptors (Lipinski definition) is 4. The number of aliphatic imine (C=N–C) groups is 1. The van der Waals surface area contributed by atoms with Gasteiger partial charge < -0.3 is 15.4 Å². The zero-order valence-electron chi connectivity index (χ0n) is 17.1. The van der Waals surface area contributed by atoms with Gasteiger partial charge in [0.05, 0.1) is 19.8 Å². The van der Waals surface area contributed by atoms with Crippen LogP contribution in [0.25, 0.3) is 0 Å². The highest BCUT2D eigenvalue weighted by Gasteiger charge is 2.31. The van der Waals surface area contributed by atoms with Crippen molar-refractivity contribution in [3.05, 3.63) is 0 Å². The number of ether oxygens (including phenoxy) is 1. The first kappa shape index (κ1) is 19.9. The summed E-state index contributed by atoms with van der Waals surface area (Å²) in [5.41, 5.74) is 0.0672. The molecule has 1 unspecified atom stereocenters. The largest absolute Gasteiger partial charge is 0.379 e. The molecule has 2 N–H and O–H groups in total. The SMILES string of the molecule is CCNC(=NCC(C)(C)N1CCOCC1)NC1CCN(C2CCCC2)C1. The maximum Gasteiger partial charge on any atom is 0.191 e. The van der Waals surface area contributed by atoms with Crippen LogP contribution in [0.15, 0.2) is 4.99 Å². The molecule has 0 radical (unpaired) electrons. The highest BCUT2D eigenvalue weighted by molar-refractivity contribution is 5.80. The molecule has 2 heterocycles. The number of morpholine rings is 1. The summed E-state index contributed by atoms with van der Waals surface area (Å²) >= 11 is 0. The fourth-order valence-corrected chi connectivity index (χ4v) is 4.56. The number of nitrogens with zero attached hydrogens (tertiary/aromatic N) is 3. The van der Waals surface area contributed by atoms with Crippen LogP contribution in [0, 0.1) is 0 Å². The highest BCUT2D eigenvalue weighted by atomic mass is 16.5. The topological polar surface area (TPSA) is 52.1 Å². The van der Waals surface area contributed by atoms with E-state index in [1.165, 1.54) is 45.2 Å². The second-order valence-corrected chi connectivity index (χ2v) is 8.67. The van der Waals surface area contributed by atoms with E-state index in [1.807, 2.05) is 0 Å². The minimum Gasteiger partial charge on any atom is -0.379 e.